The number of aryl methyl sites for hydroxylation is 1. The highest BCUT2D eigenvalue weighted by Gasteiger charge is 2.38. The number of carbonyl (C=O) groups excluding carboxylic acids is 4. The number of methoxy groups -OCH3 is 1. The Morgan fingerprint density at radius 3 is 2.28 bits per heavy atom. The van der Waals surface area contributed by atoms with Crippen LogP contribution in [0.25, 0.3) is 0 Å². The van der Waals surface area contributed by atoms with Gasteiger partial charge in [-0.3, -0.25) is 14.9 Å². The number of rotatable bonds is 5. The molecule has 0 spiro atoms. The predicted octanol–water partition coefficient (Wildman–Crippen LogP) is 3.15. The lowest BCUT2D eigenvalue weighted by molar-refractivity contribution is -0.173. The molecule has 0 aromatic heterocycles. The Balaban J connectivity index is 2.26. The number of hydrogen-bond donors (Lipinski definition) is 4. The molecule has 192 valence electrons. The number of anilines is 1. The summed E-state index contributed by atoms with van der Waals surface area (Å²) in [6.45, 7) is 0.906. The number of nitrogens with one attached hydrogen (secondary N) is 3. The van der Waals surface area contributed by atoms with Crippen molar-refractivity contribution in [2.45, 2.75) is 19.6 Å². The lowest BCUT2D eigenvalue weighted by atomic mass is 10.1. The smallest absolute Gasteiger partial charge is 0.465 e. The van der Waals surface area contributed by atoms with Crippen LogP contribution >= 0.6 is 11.6 Å². The van der Waals surface area contributed by atoms with Crippen molar-refractivity contribution in [3.8, 4) is 0 Å². The summed E-state index contributed by atoms with van der Waals surface area (Å²) >= 11 is 5.97. The quantitative estimate of drug-likeness (QED) is 0.342. The predicted molar refractivity (Wildman–Crippen MR) is 118 cm³/mol. The van der Waals surface area contributed by atoms with Crippen LogP contribution in [0.2, 0.25) is 5.02 Å². The summed E-state index contributed by atoms with van der Waals surface area (Å²) in [5, 5.41) is 12.9. The molecule has 2 aromatic rings. The lowest BCUT2D eigenvalue weighted by Crippen LogP contribution is -2.52. The van der Waals surface area contributed by atoms with Crippen LogP contribution in [-0.2, 0) is 16.1 Å². The zero-order valence-corrected chi connectivity index (χ0v) is 19.3. The number of esters is 1. The molecule has 0 aliphatic heterocycles. The van der Waals surface area contributed by atoms with Crippen LogP contribution in [0.3, 0.4) is 0 Å². The molecule has 2 aromatic carbocycles. The maximum absolute atomic E-state index is 12.7. The fourth-order valence-electron chi connectivity index (χ4n) is 2.81. The van der Waals surface area contributed by atoms with E-state index in [4.69, 9.17) is 16.7 Å². The first-order valence-corrected chi connectivity index (χ1v) is 10.1. The molecule has 0 saturated heterocycles. The molecule has 0 fully saturated rings. The number of urea groups is 1. The second kappa shape index (κ2) is 11.4. The molecule has 4 N–H and O–H groups in total. The first-order chi connectivity index (χ1) is 16.7. The zero-order chi connectivity index (χ0) is 27.2. The van der Waals surface area contributed by atoms with Gasteiger partial charge in [-0.25, -0.2) is 19.8 Å². The third-order valence-electron chi connectivity index (χ3n) is 4.49. The molecule has 5 amide bonds. The summed E-state index contributed by atoms with van der Waals surface area (Å²) in [5.41, 5.74) is 1.93. The molecular formula is C21H18ClF3N4O7. The van der Waals surface area contributed by atoms with Crippen LogP contribution in [0.4, 0.5) is 28.4 Å². The van der Waals surface area contributed by atoms with Gasteiger partial charge in [0.25, 0.3) is 5.91 Å². The van der Waals surface area contributed by atoms with E-state index in [1.165, 1.54) is 31.2 Å². The lowest BCUT2D eigenvalue weighted by Gasteiger charge is -2.22. The molecule has 2 rings (SSSR count). The maximum Gasteiger partial charge on any atom is 0.471 e. The van der Waals surface area contributed by atoms with Gasteiger partial charge in [-0.2, -0.15) is 18.2 Å². The first kappa shape index (κ1) is 27.9. The Morgan fingerprint density at radius 2 is 1.72 bits per heavy atom. The minimum atomic E-state index is -5.10. The van der Waals surface area contributed by atoms with Crippen LogP contribution in [0.1, 0.15) is 31.8 Å². The van der Waals surface area contributed by atoms with Crippen LogP contribution in [0, 0.1) is 6.92 Å². The van der Waals surface area contributed by atoms with Gasteiger partial charge in [-0.15, -0.1) is 0 Å². The van der Waals surface area contributed by atoms with Gasteiger partial charge < -0.3 is 15.2 Å². The van der Waals surface area contributed by atoms with Crippen molar-refractivity contribution >= 4 is 47.2 Å². The van der Waals surface area contributed by atoms with Gasteiger partial charge >= 0.3 is 30.2 Å². The van der Waals surface area contributed by atoms with E-state index in [0.717, 1.165) is 19.2 Å². The van der Waals surface area contributed by atoms with Crippen LogP contribution in [0.15, 0.2) is 36.4 Å². The number of ether oxygens (including phenoxy) is 1. The third kappa shape index (κ3) is 7.09. The van der Waals surface area contributed by atoms with E-state index in [9.17, 15) is 37.1 Å². The van der Waals surface area contributed by atoms with Gasteiger partial charge in [-0.1, -0.05) is 17.7 Å². The van der Waals surface area contributed by atoms with Gasteiger partial charge in [0.15, 0.2) is 0 Å². The van der Waals surface area contributed by atoms with Crippen molar-refractivity contribution in [2.24, 2.45) is 0 Å². The van der Waals surface area contributed by atoms with E-state index in [-0.39, 0.29) is 27.4 Å². The molecule has 0 radical (unpaired) electrons. The minimum Gasteiger partial charge on any atom is -0.465 e. The number of carbonyl (C=O) groups is 5. The maximum atomic E-state index is 12.7. The number of carboxylic acid groups (broad SMARTS) is 1. The highest BCUT2D eigenvalue weighted by atomic mass is 35.5. The van der Waals surface area contributed by atoms with Gasteiger partial charge in [-0.05, 0) is 48.4 Å². The van der Waals surface area contributed by atoms with Crippen LogP contribution in [-0.4, -0.2) is 48.3 Å². The Kier molecular flexibility index (Phi) is 8.84. The van der Waals surface area contributed by atoms with Gasteiger partial charge in [0.1, 0.15) is 0 Å². The molecule has 0 bridgehead atoms. The summed E-state index contributed by atoms with van der Waals surface area (Å²) in [7, 11) is 1.16. The Morgan fingerprint density at radius 1 is 1.06 bits per heavy atom. The second-order valence-electron chi connectivity index (χ2n) is 7.00. The minimum absolute atomic E-state index is 0.0594. The van der Waals surface area contributed by atoms with Gasteiger partial charge in [0, 0.05) is 6.54 Å². The molecular weight excluding hydrogens is 513 g/mol. The number of benzene rings is 2. The molecule has 0 saturated carbocycles. The molecule has 0 heterocycles. The number of alkyl halides is 3. The van der Waals surface area contributed by atoms with Crippen molar-refractivity contribution in [2.75, 3.05) is 12.1 Å². The summed E-state index contributed by atoms with van der Waals surface area (Å²) in [4.78, 5) is 59.3. The largest absolute Gasteiger partial charge is 0.471 e. The number of halogens is 4. The van der Waals surface area contributed by atoms with Crippen LogP contribution in [0.5, 0.6) is 0 Å². The van der Waals surface area contributed by atoms with Crippen molar-refractivity contribution in [3.63, 3.8) is 0 Å². The number of hydrogen-bond acceptors (Lipinski definition) is 6. The van der Waals surface area contributed by atoms with Gasteiger partial charge in [0.2, 0.25) is 0 Å². The Hall–Kier alpha value is -4.33. The van der Waals surface area contributed by atoms with E-state index in [1.54, 1.807) is 10.7 Å². The average molecular weight is 531 g/mol. The second-order valence-corrected chi connectivity index (χ2v) is 7.40. The van der Waals surface area contributed by atoms with E-state index >= 15 is 0 Å². The Labute approximate surface area is 206 Å². The normalized spacial score (nSPS) is 10.7. The fraction of sp³-hybridized carbons (Fsp3) is 0.190. The number of imide groups is 1. The van der Waals surface area contributed by atoms with E-state index < -0.39 is 42.6 Å². The zero-order valence-electron chi connectivity index (χ0n) is 18.5. The SMILES string of the molecule is COC(=O)c1ccc(N(NC(=O)O)C(=O)NC(=O)c2cc(CNC(=O)C(F)(F)F)ccc2Cl)cc1C. The summed E-state index contributed by atoms with van der Waals surface area (Å²) < 4.78 is 41.7. The molecule has 0 atom stereocenters. The summed E-state index contributed by atoms with van der Waals surface area (Å²) in [6.07, 6.45) is -6.76. The number of hydrazine groups is 1. The summed E-state index contributed by atoms with van der Waals surface area (Å²) in [6, 6.07) is 5.97. The van der Waals surface area contributed by atoms with Gasteiger partial charge in [0.05, 0.1) is 28.9 Å². The molecule has 0 unspecified atom stereocenters. The third-order valence-corrected chi connectivity index (χ3v) is 4.82. The molecule has 0 aliphatic carbocycles. The number of nitrogens with zero attached hydrogens (tertiary/aromatic N) is 1. The van der Waals surface area contributed by atoms with Crippen molar-refractivity contribution in [1.82, 2.24) is 16.1 Å². The average Bonchev–Trinajstić information content (AvgIpc) is 2.80. The van der Waals surface area contributed by atoms with E-state index in [1.807, 2.05) is 5.32 Å². The van der Waals surface area contributed by atoms with Crippen molar-refractivity contribution in [3.05, 3.63) is 63.7 Å². The monoisotopic (exact) mass is 530 g/mol. The molecule has 36 heavy (non-hydrogen) atoms. The first-order valence-electron chi connectivity index (χ1n) is 9.72. The topological polar surface area (TPSA) is 154 Å². The molecule has 15 heteroatoms. The van der Waals surface area contributed by atoms with Crippen molar-refractivity contribution < 1.29 is 47.0 Å². The molecule has 0 aliphatic rings. The standard InChI is InChI=1S/C21H18ClF3N4O7/c1-10-7-12(4-5-13(10)17(31)36-2)29(28-20(34)35)19(33)27-16(30)14-8-11(3-6-15(14)22)9-26-18(32)21(23,24)25/h3-8,28H,9H2,1-2H3,(H,26,32)(H,34,35)(H,27,30,33). The van der Waals surface area contributed by atoms with Crippen molar-refractivity contribution in [1.29, 1.82) is 0 Å². The number of amides is 5. The fourth-order valence-corrected chi connectivity index (χ4v) is 3.02. The highest BCUT2D eigenvalue weighted by Crippen LogP contribution is 2.21. The summed E-state index contributed by atoms with van der Waals surface area (Å²) in [5.74, 6) is -3.98. The van der Waals surface area contributed by atoms with E-state index in [2.05, 4.69) is 4.74 Å². The van der Waals surface area contributed by atoms with Crippen LogP contribution < -0.4 is 21.1 Å². The molecule has 11 nitrogen and oxygen atoms in total. The highest BCUT2D eigenvalue weighted by molar-refractivity contribution is 6.34. The Bertz CT molecular complexity index is 1220. The van der Waals surface area contributed by atoms with E-state index in [0.29, 0.717) is 10.6 Å².